The zero-order valence-corrected chi connectivity index (χ0v) is 39.1. The lowest BCUT2D eigenvalue weighted by Crippen LogP contribution is -2.74. The Bertz CT molecular complexity index is 4080. The maximum absolute atomic E-state index is 5.20. The summed E-state index contributed by atoms with van der Waals surface area (Å²) in [4.78, 5) is 10.4. The molecule has 0 unspecified atom stereocenters. The topological polar surface area (TPSA) is 40.6 Å². The molecular weight excluding hydrogens is 867 g/mol. The number of fused-ring (bicyclic) bond motifs is 9. The van der Waals surface area contributed by atoms with Crippen LogP contribution in [0.2, 0.25) is 0 Å². The molecule has 0 bridgehead atoms. The van der Waals surface area contributed by atoms with Gasteiger partial charge in [-0.2, -0.15) is 0 Å². The summed E-state index contributed by atoms with van der Waals surface area (Å²) in [5.41, 5.74) is 11.0. The molecule has 4 aromatic heterocycles. The molecule has 4 heterocycles. The molecule has 0 amide bonds. The van der Waals surface area contributed by atoms with Crippen molar-refractivity contribution in [2.45, 2.75) is 0 Å². The fourth-order valence-electron chi connectivity index (χ4n) is 11.5. The molecule has 0 saturated heterocycles. The second-order valence-electron chi connectivity index (χ2n) is 18.1. The summed E-state index contributed by atoms with van der Waals surface area (Å²) in [5.74, 6) is 0.637. The van der Waals surface area contributed by atoms with Crippen molar-refractivity contribution >= 4 is 94.2 Å². The number of hydrogen-bond donors (Lipinski definition) is 0. The van der Waals surface area contributed by atoms with E-state index in [0.29, 0.717) is 5.95 Å². The minimum absolute atomic E-state index is 0.637. The molecule has 10 aromatic carbocycles. The van der Waals surface area contributed by atoms with Crippen LogP contribution >= 0.6 is 0 Å². The molecule has 70 heavy (non-hydrogen) atoms. The predicted octanol–water partition coefficient (Wildman–Crippen LogP) is 12.8. The lowest BCUT2D eigenvalue weighted by molar-refractivity contribution is 0.989. The van der Waals surface area contributed by atoms with Crippen molar-refractivity contribution < 1.29 is 0 Å². The Kier molecular flexibility index (Phi) is 9.15. The highest BCUT2D eigenvalue weighted by Crippen LogP contribution is 2.39. The van der Waals surface area contributed by atoms with Crippen LogP contribution in [0.3, 0.4) is 0 Å². The maximum Gasteiger partial charge on any atom is 0.234 e. The Hall–Kier alpha value is -9.10. The van der Waals surface area contributed by atoms with E-state index in [1.807, 2.05) is 12.4 Å². The summed E-state index contributed by atoms with van der Waals surface area (Å²) < 4.78 is 7.08. The average Bonchev–Trinajstić information content (AvgIpc) is 4.08. The zero-order chi connectivity index (χ0) is 46.2. The summed E-state index contributed by atoms with van der Waals surface area (Å²) in [7, 11) is -2.95. The first kappa shape index (κ1) is 40.0. The van der Waals surface area contributed by atoms with Crippen molar-refractivity contribution in [3.63, 3.8) is 0 Å². The van der Waals surface area contributed by atoms with Gasteiger partial charge in [0.05, 0.1) is 38.8 Å². The van der Waals surface area contributed by atoms with Crippen LogP contribution in [0.15, 0.2) is 261 Å². The molecule has 0 fully saturated rings. The lowest BCUT2D eigenvalue weighted by atomic mass is 10.1. The second-order valence-corrected chi connectivity index (χ2v) is 22.0. The van der Waals surface area contributed by atoms with E-state index in [1.165, 1.54) is 64.1 Å². The molecule has 5 nitrogen and oxygen atoms in total. The van der Waals surface area contributed by atoms with E-state index in [9.17, 15) is 0 Å². The van der Waals surface area contributed by atoms with Crippen LogP contribution in [0.1, 0.15) is 0 Å². The Labute approximate surface area is 405 Å². The molecular formula is C64H43N5Si. The van der Waals surface area contributed by atoms with Crippen LogP contribution < -0.4 is 20.7 Å². The van der Waals surface area contributed by atoms with Crippen LogP contribution in [0.4, 0.5) is 0 Å². The Morgan fingerprint density at radius 2 is 0.671 bits per heavy atom. The normalized spacial score (nSPS) is 12.0. The molecule has 0 atom stereocenters. The standard InChI is InChI=1S/C64H43N5Si/c1-4-20-46(21-5-1)70(47-22-6-2-7-23-47,48-24-8-3-9-25-48)49-37-38-50(44-42-65-64(66-43-44)69-60-34-18-12-28-53(60)54-29-13-19-35-61(54)69)63(41-49)68-59-33-17-14-30-55(59)56-40-45(36-39-62(56)68)67-57-31-15-10-26-51(57)52-27-11-16-32-58(52)67/h1-43H. The van der Waals surface area contributed by atoms with Gasteiger partial charge in [0.2, 0.25) is 5.95 Å². The highest BCUT2D eigenvalue weighted by molar-refractivity contribution is 7.19. The molecule has 14 aromatic rings. The van der Waals surface area contributed by atoms with Crippen molar-refractivity contribution in [3.05, 3.63) is 261 Å². The molecule has 0 aliphatic rings. The minimum atomic E-state index is -2.95. The van der Waals surface area contributed by atoms with E-state index < -0.39 is 8.07 Å². The third-order valence-electron chi connectivity index (χ3n) is 14.5. The third kappa shape index (κ3) is 5.97. The second kappa shape index (κ2) is 16.0. The van der Waals surface area contributed by atoms with Crippen LogP contribution in [-0.4, -0.2) is 31.7 Å². The third-order valence-corrected chi connectivity index (χ3v) is 19.3. The molecule has 0 aliphatic carbocycles. The van der Waals surface area contributed by atoms with Gasteiger partial charge in [-0.15, -0.1) is 0 Å². The van der Waals surface area contributed by atoms with Crippen LogP contribution in [0.25, 0.3) is 93.9 Å². The molecule has 6 heteroatoms. The number of para-hydroxylation sites is 5. The summed E-state index contributed by atoms with van der Waals surface area (Å²) in [6, 6.07) is 91.1. The molecule has 14 rings (SSSR count). The Morgan fingerprint density at radius 3 is 1.14 bits per heavy atom. The van der Waals surface area contributed by atoms with Gasteiger partial charge >= 0.3 is 0 Å². The summed E-state index contributed by atoms with van der Waals surface area (Å²) in [5, 5.41) is 12.5. The van der Waals surface area contributed by atoms with E-state index in [1.54, 1.807) is 0 Å². The summed E-state index contributed by atoms with van der Waals surface area (Å²) in [6.07, 6.45) is 4.02. The van der Waals surface area contributed by atoms with E-state index in [-0.39, 0.29) is 0 Å². The molecule has 0 radical (unpaired) electrons. The lowest BCUT2D eigenvalue weighted by Gasteiger charge is -2.35. The van der Waals surface area contributed by atoms with Gasteiger partial charge in [0.1, 0.15) is 0 Å². The van der Waals surface area contributed by atoms with Gasteiger partial charge in [0.25, 0.3) is 0 Å². The minimum Gasteiger partial charge on any atom is -0.309 e. The number of rotatable bonds is 8. The van der Waals surface area contributed by atoms with E-state index in [0.717, 1.165) is 44.6 Å². The van der Waals surface area contributed by atoms with Gasteiger partial charge in [0.15, 0.2) is 8.07 Å². The van der Waals surface area contributed by atoms with Gasteiger partial charge in [-0.3, -0.25) is 4.57 Å². The molecule has 0 N–H and O–H groups in total. The van der Waals surface area contributed by atoms with Crippen molar-refractivity contribution in [2.24, 2.45) is 0 Å². The fraction of sp³-hybridized carbons (Fsp3) is 0. The van der Waals surface area contributed by atoms with Crippen molar-refractivity contribution in [3.8, 4) is 28.5 Å². The number of nitrogens with zero attached hydrogens (tertiary/aromatic N) is 5. The first-order chi connectivity index (χ1) is 34.8. The smallest absolute Gasteiger partial charge is 0.234 e. The van der Waals surface area contributed by atoms with Crippen molar-refractivity contribution in [1.82, 2.24) is 23.7 Å². The quantitative estimate of drug-likeness (QED) is 0.113. The summed E-state index contributed by atoms with van der Waals surface area (Å²) in [6.45, 7) is 0. The monoisotopic (exact) mass is 909 g/mol. The number of hydrogen-bond acceptors (Lipinski definition) is 2. The first-order valence-corrected chi connectivity index (χ1v) is 25.9. The number of benzene rings is 10. The van der Waals surface area contributed by atoms with Gasteiger partial charge in [-0.1, -0.05) is 194 Å². The predicted molar refractivity (Wildman–Crippen MR) is 294 cm³/mol. The van der Waals surface area contributed by atoms with E-state index >= 15 is 0 Å². The van der Waals surface area contributed by atoms with Crippen molar-refractivity contribution in [2.75, 3.05) is 0 Å². The van der Waals surface area contributed by atoms with Gasteiger partial charge in [0, 0.05) is 61.5 Å². The molecule has 328 valence electrons. The van der Waals surface area contributed by atoms with Crippen LogP contribution in [0.5, 0.6) is 0 Å². The molecule has 0 spiro atoms. The Balaban J connectivity index is 1.05. The number of aromatic nitrogens is 5. The van der Waals surface area contributed by atoms with Crippen LogP contribution in [0, 0.1) is 0 Å². The first-order valence-electron chi connectivity index (χ1n) is 23.9. The zero-order valence-electron chi connectivity index (χ0n) is 38.1. The van der Waals surface area contributed by atoms with E-state index in [2.05, 4.69) is 262 Å². The fourth-order valence-corrected chi connectivity index (χ4v) is 16.3. The van der Waals surface area contributed by atoms with Crippen LogP contribution in [-0.2, 0) is 0 Å². The maximum atomic E-state index is 5.20. The molecule has 0 aliphatic heterocycles. The SMILES string of the molecule is c1ccc([Si](c2ccccc2)(c2ccccc2)c2ccc(-c3cnc(-n4c5ccccc5c5ccccc54)nc3)c(-n3c4ccccc4c4cc(-n5c6ccccc6c6ccccc65)ccc43)c2)cc1. The van der Waals surface area contributed by atoms with Gasteiger partial charge in [-0.05, 0) is 75.3 Å². The van der Waals surface area contributed by atoms with E-state index in [4.69, 9.17) is 9.97 Å². The van der Waals surface area contributed by atoms with Gasteiger partial charge < -0.3 is 9.13 Å². The largest absolute Gasteiger partial charge is 0.309 e. The van der Waals surface area contributed by atoms with Gasteiger partial charge in [-0.25, -0.2) is 9.97 Å². The summed E-state index contributed by atoms with van der Waals surface area (Å²) >= 11 is 0. The Morgan fingerprint density at radius 1 is 0.286 bits per heavy atom. The van der Waals surface area contributed by atoms with Crippen molar-refractivity contribution in [1.29, 1.82) is 0 Å². The average molecular weight is 910 g/mol. The highest BCUT2D eigenvalue weighted by Gasteiger charge is 2.42. The molecule has 0 saturated carbocycles. The highest BCUT2D eigenvalue weighted by atomic mass is 28.3.